The lowest BCUT2D eigenvalue weighted by molar-refractivity contribution is -0.125. The minimum Gasteiger partial charge on any atom is -0.369 e. The number of nitrogens with one attached hydrogen (secondary N) is 1. The second-order valence-electron chi connectivity index (χ2n) is 4.19. The average molecular weight is 210 g/mol. The molecule has 0 saturated heterocycles. The molecule has 3 N–H and O–H groups in total. The highest BCUT2D eigenvalue weighted by Crippen LogP contribution is 2.11. The van der Waals surface area contributed by atoms with Gasteiger partial charge in [-0.15, -0.1) is 0 Å². The van der Waals surface area contributed by atoms with Crippen LogP contribution in [0.5, 0.6) is 0 Å². The molecule has 0 aliphatic carbocycles. The van der Waals surface area contributed by atoms with Gasteiger partial charge in [0.15, 0.2) is 0 Å². The number of amides is 1. The molecule has 0 unspecified atom stereocenters. The summed E-state index contributed by atoms with van der Waals surface area (Å²) in [7, 11) is 0. The monoisotopic (exact) mass is 210 g/mol. The molecule has 1 aromatic heterocycles. The van der Waals surface area contributed by atoms with E-state index >= 15 is 0 Å². The maximum atomic E-state index is 11.0. The fraction of sp³-hybridized carbons (Fsp3) is 0.600. The van der Waals surface area contributed by atoms with Gasteiger partial charge in [0.1, 0.15) is 0 Å². The van der Waals surface area contributed by atoms with Crippen LogP contribution in [-0.4, -0.2) is 28.8 Å². The van der Waals surface area contributed by atoms with Gasteiger partial charge in [-0.2, -0.15) is 5.10 Å². The van der Waals surface area contributed by atoms with Crippen LogP contribution in [0.3, 0.4) is 0 Å². The molecule has 0 bridgehead atoms. The van der Waals surface area contributed by atoms with E-state index in [1.165, 1.54) is 0 Å². The average Bonchev–Trinajstić information content (AvgIpc) is 2.64. The highest BCUT2D eigenvalue weighted by molar-refractivity contribution is 5.80. The molecule has 0 fully saturated rings. The van der Waals surface area contributed by atoms with Crippen molar-refractivity contribution in [1.82, 2.24) is 15.1 Å². The number of carbonyl (C=O) groups is 1. The van der Waals surface area contributed by atoms with Crippen LogP contribution in [0, 0.1) is 5.41 Å². The Labute approximate surface area is 89.6 Å². The van der Waals surface area contributed by atoms with Crippen molar-refractivity contribution in [3.63, 3.8) is 0 Å². The molecule has 1 rings (SSSR count). The largest absolute Gasteiger partial charge is 0.369 e. The summed E-state index contributed by atoms with van der Waals surface area (Å²) in [5.74, 6) is -0.283. The number of hydrogen-bond donors (Lipinski definition) is 2. The second kappa shape index (κ2) is 4.93. The normalized spacial score (nSPS) is 11.6. The Morgan fingerprint density at radius 2 is 2.33 bits per heavy atom. The molecule has 0 atom stereocenters. The maximum Gasteiger partial charge on any atom is 0.224 e. The van der Waals surface area contributed by atoms with Gasteiger partial charge in [-0.05, 0) is 19.9 Å². The topological polar surface area (TPSA) is 72.9 Å². The van der Waals surface area contributed by atoms with Gasteiger partial charge in [-0.25, -0.2) is 0 Å². The molecule has 84 valence electrons. The molecule has 1 aromatic rings. The summed E-state index contributed by atoms with van der Waals surface area (Å²) < 4.78 is 1.84. The zero-order valence-corrected chi connectivity index (χ0v) is 9.23. The minimum atomic E-state index is -0.496. The van der Waals surface area contributed by atoms with Gasteiger partial charge in [0.25, 0.3) is 0 Å². The van der Waals surface area contributed by atoms with Crippen LogP contribution >= 0.6 is 0 Å². The Morgan fingerprint density at radius 3 is 2.87 bits per heavy atom. The third-order valence-corrected chi connectivity index (χ3v) is 2.31. The molecular formula is C10H18N4O. The Hall–Kier alpha value is -1.36. The number of hydrogen-bond acceptors (Lipinski definition) is 3. The Kier molecular flexibility index (Phi) is 3.85. The van der Waals surface area contributed by atoms with Gasteiger partial charge >= 0.3 is 0 Å². The number of primary amides is 1. The molecule has 0 saturated carbocycles. The molecule has 0 aliphatic heterocycles. The van der Waals surface area contributed by atoms with E-state index < -0.39 is 5.41 Å². The van der Waals surface area contributed by atoms with Crippen molar-refractivity contribution >= 4 is 5.91 Å². The molecule has 0 aliphatic rings. The van der Waals surface area contributed by atoms with Crippen LogP contribution in [0.25, 0.3) is 0 Å². The first-order valence-electron chi connectivity index (χ1n) is 5.00. The molecule has 1 amide bonds. The summed E-state index contributed by atoms with van der Waals surface area (Å²) in [6, 6.07) is 1.88. The lowest BCUT2D eigenvalue weighted by Crippen LogP contribution is -2.41. The van der Waals surface area contributed by atoms with Crippen LogP contribution in [0.15, 0.2) is 18.5 Å². The summed E-state index contributed by atoms with van der Waals surface area (Å²) in [4.78, 5) is 11.0. The summed E-state index contributed by atoms with van der Waals surface area (Å²) in [6.07, 6.45) is 3.65. The van der Waals surface area contributed by atoms with Crippen molar-refractivity contribution in [2.45, 2.75) is 20.4 Å². The second-order valence-corrected chi connectivity index (χ2v) is 4.19. The van der Waals surface area contributed by atoms with E-state index in [2.05, 4.69) is 10.4 Å². The van der Waals surface area contributed by atoms with Gasteiger partial charge in [0.05, 0.1) is 12.0 Å². The van der Waals surface area contributed by atoms with E-state index in [1.807, 2.05) is 30.8 Å². The fourth-order valence-corrected chi connectivity index (χ4v) is 1.11. The summed E-state index contributed by atoms with van der Waals surface area (Å²) in [5.41, 5.74) is 4.75. The summed E-state index contributed by atoms with van der Waals surface area (Å²) in [6.45, 7) is 5.82. The van der Waals surface area contributed by atoms with E-state index in [-0.39, 0.29) is 5.91 Å². The number of nitrogens with zero attached hydrogens (tertiary/aromatic N) is 2. The summed E-state index contributed by atoms with van der Waals surface area (Å²) >= 11 is 0. The van der Waals surface area contributed by atoms with Crippen LogP contribution in [0.2, 0.25) is 0 Å². The third kappa shape index (κ3) is 3.71. The molecule has 15 heavy (non-hydrogen) atoms. The standard InChI is InChI=1S/C10H18N4O/c1-10(2,9(11)15)8-12-5-7-14-6-3-4-13-14/h3-4,6,12H,5,7-8H2,1-2H3,(H2,11,15). The minimum absolute atomic E-state index is 0.283. The molecule has 0 spiro atoms. The lowest BCUT2D eigenvalue weighted by atomic mass is 9.93. The van der Waals surface area contributed by atoms with Crippen molar-refractivity contribution in [2.75, 3.05) is 13.1 Å². The van der Waals surface area contributed by atoms with Crippen molar-refractivity contribution in [1.29, 1.82) is 0 Å². The Balaban J connectivity index is 2.19. The van der Waals surface area contributed by atoms with Crippen molar-refractivity contribution in [3.8, 4) is 0 Å². The van der Waals surface area contributed by atoms with Crippen molar-refractivity contribution in [3.05, 3.63) is 18.5 Å². The molecular weight excluding hydrogens is 192 g/mol. The predicted octanol–water partition coefficient (Wildman–Crippen LogP) is -0.0158. The Morgan fingerprint density at radius 1 is 1.60 bits per heavy atom. The van der Waals surface area contributed by atoms with Crippen LogP contribution in [0.1, 0.15) is 13.8 Å². The zero-order chi connectivity index (χ0) is 11.3. The molecule has 5 heteroatoms. The zero-order valence-electron chi connectivity index (χ0n) is 9.23. The molecule has 0 aromatic carbocycles. The van der Waals surface area contributed by atoms with Gasteiger partial charge in [-0.1, -0.05) is 0 Å². The number of carbonyl (C=O) groups excluding carboxylic acids is 1. The first-order chi connectivity index (χ1) is 7.02. The van der Waals surface area contributed by atoms with E-state index in [1.54, 1.807) is 6.20 Å². The van der Waals surface area contributed by atoms with Gasteiger partial charge < -0.3 is 11.1 Å². The fourth-order valence-electron chi connectivity index (χ4n) is 1.11. The molecule has 0 radical (unpaired) electrons. The van der Waals surface area contributed by atoms with Gasteiger partial charge in [0.2, 0.25) is 5.91 Å². The first kappa shape index (κ1) is 11.7. The van der Waals surface area contributed by atoms with E-state index in [0.29, 0.717) is 6.54 Å². The van der Waals surface area contributed by atoms with E-state index in [0.717, 1.165) is 13.1 Å². The lowest BCUT2D eigenvalue weighted by Gasteiger charge is -2.20. The highest BCUT2D eigenvalue weighted by Gasteiger charge is 2.23. The first-order valence-corrected chi connectivity index (χ1v) is 5.00. The number of aromatic nitrogens is 2. The maximum absolute atomic E-state index is 11.0. The third-order valence-electron chi connectivity index (χ3n) is 2.31. The SMILES string of the molecule is CC(C)(CNCCn1cccn1)C(N)=O. The number of rotatable bonds is 6. The Bertz CT molecular complexity index is 305. The van der Waals surface area contributed by atoms with E-state index in [9.17, 15) is 4.79 Å². The van der Waals surface area contributed by atoms with Crippen LogP contribution < -0.4 is 11.1 Å². The van der Waals surface area contributed by atoms with Crippen molar-refractivity contribution < 1.29 is 4.79 Å². The molecule has 1 heterocycles. The number of nitrogens with two attached hydrogens (primary N) is 1. The smallest absolute Gasteiger partial charge is 0.224 e. The van der Waals surface area contributed by atoms with Gasteiger partial charge in [0, 0.05) is 25.5 Å². The van der Waals surface area contributed by atoms with E-state index in [4.69, 9.17) is 5.73 Å². The predicted molar refractivity (Wildman–Crippen MR) is 58.1 cm³/mol. The van der Waals surface area contributed by atoms with Crippen LogP contribution in [-0.2, 0) is 11.3 Å². The van der Waals surface area contributed by atoms with Gasteiger partial charge in [-0.3, -0.25) is 9.48 Å². The quantitative estimate of drug-likeness (QED) is 0.648. The van der Waals surface area contributed by atoms with Crippen molar-refractivity contribution in [2.24, 2.45) is 11.1 Å². The van der Waals surface area contributed by atoms with Crippen LogP contribution in [0.4, 0.5) is 0 Å². The highest BCUT2D eigenvalue weighted by atomic mass is 16.1. The molecule has 5 nitrogen and oxygen atoms in total. The summed E-state index contributed by atoms with van der Waals surface area (Å²) in [5, 5.41) is 7.25.